The second-order valence-electron chi connectivity index (χ2n) is 3.97. The Hall–Kier alpha value is -1.85. The summed E-state index contributed by atoms with van der Waals surface area (Å²) in [5.41, 5.74) is 6.66. The zero-order chi connectivity index (χ0) is 13.7. The van der Waals surface area contributed by atoms with Crippen LogP contribution >= 0.6 is 11.6 Å². The number of rotatable bonds is 5. The van der Waals surface area contributed by atoms with Crippen LogP contribution in [0.4, 0.5) is 0 Å². The van der Waals surface area contributed by atoms with Crippen LogP contribution < -0.4 is 11.1 Å². The van der Waals surface area contributed by atoms with Crippen molar-refractivity contribution in [1.29, 1.82) is 0 Å². The molecule has 0 saturated heterocycles. The molecule has 1 amide bonds. The first-order valence-electron chi connectivity index (χ1n) is 5.86. The van der Waals surface area contributed by atoms with Crippen molar-refractivity contribution in [2.45, 2.75) is 13.0 Å². The number of amides is 1. The number of carbonyl (C=O) groups is 1. The number of hydrogen-bond donors (Lipinski definition) is 2. The maximum absolute atomic E-state index is 11.7. The topological polar surface area (TPSA) is 81.1 Å². The summed E-state index contributed by atoms with van der Waals surface area (Å²) in [6, 6.07) is 7.52. The minimum Gasteiger partial charge on any atom is -0.447 e. The van der Waals surface area contributed by atoms with E-state index in [2.05, 4.69) is 10.3 Å². The molecule has 6 heteroatoms. The summed E-state index contributed by atoms with van der Waals surface area (Å²) in [4.78, 5) is 15.7. The highest BCUT2D eigenvalue weighted by Crippen LogP contribution is 2.10. The molecule has 19 heavy (non-hydrogen) atoms. The van der Waals surface area contributed by atoms with Gasteiger partial charge in [0.1, 0.15) is 6.26 Å². The molecule has 0 unspecified atom stereocenters. The van der Waals surface area contributed by atoms with Crippen molar-refractivity contribution in [1.82, 2.24) is 10.3 Å². The van der Waals surface area contributed by atoms with Crippen LogP contribution in [0.25, 0.3) is 0 Å². The lowest BCUT2D eigenvalue weighted by molar-refractivity contribution is 0.0949. The number of hydrogen-bond acceptors (Lipinski definition) is 4. The zero-order valence-electron chi connectivity index (χ0n) is 10.2. The molecule has 1 aromatic heterocycles. The molecule has 1 heterocycles. The predicted molar refractivity (Wildman–Crippen MR) is 71.9 cm³/mol. The average molecular weight is 280 g/mol. The maximum atomic E-state index is 11.7. The fourth-order valence-electron chi connectivity index (χ4n) is 1.61. The van der Waals surface area contributed by atoms with Gasteiger partial charge in [0.15, 0.2) is 5.69 Å². The molecule has 0 radical (unpaired) electrons. The Balaban J connectivity index is 1.84. The summed E-state index contributed by atoms with van der Waals surface area (Å²) in [7, 11) is 0. The summed E-state index contributed by atoms with van der Waals surface area (Å²) < 4.78 is 5.00. The Kier molecular flexibility index (Phi) is 4.54. The monoisotopic (exact) mass is 279 g/mol. The van der Waals surface area contributed by atoms with Gasteiger partial charge in [0.25, 0.3) is 5.91 Å². The summed E-state index contributed by atoms with van der Waals surface area (Å²) >= 11 is 5.88. The molecule has 0 aliphatic rings. The zero-order valence-corrected chi connectivity index (χ0v) is 11.0. The predicted octanol–water partition coefficient (Wildman–Crippen LogP) is 1.76. The lowest BCUT2D eigenvalue weighted by Gasteiger charge is -2.03. The Labute approximate surface area is 115 Å². The van der Waals surface area contributed by atoms with Crippen molar-refractivity contribution in [3.05, 3.63) is 52.7 Å². The third-order valence-corrected chi connectivity index (χ3v) is 2.78. The van der Waals surface area contributed by atoms with Gasteiger partial charge in [-0.2, -0.15) is 0 Å². The Morgan fingerprint density at radius 2 is 2.32 bits per heavy atom. The molecule has 0 atom stereocenters. The van der Waals surface area contributed by atoms with Gasteiger partial charge in [0.05, 0.1) is 6.54 Å². The molecule has 0 fully saturated rings. The summed E-state index contributed by atoms with van der Waals surface area (Å²) in [5.74, 6) is 0.0745. The van der Waals surface area contributed by atoms with Gasteiger partial charge in [-0.05, 0) is 24.1 Å². The van der Waals surface area contributed by atoms with E-state index >= 15 is 0 Å². The van der Waals surface area contributed by atoms with Crippen LogP contribution in [-0.4, -0.2) is 17.4 Å². The van der Waals surface area contributed by atoms with Gasteiger partial charge < -0.3 is 15.5 Å². The quantitative estimate of drug-likeness (QED) is 0.874. The fourth-order valence-corrected chi connectivity index (χ4v) is 1.83. The van der Waals surface area contributed by atoms with E-state index in [0.29, 0.717) is 23.9 Å². The lowest BCUT2D eigenvalue weighted by Crippen LogP contribution is -2.26. The molecule has 3 N–H and O–H groups in total. The van der Waals surface area contributed by atoms with Crippen LogP contribution in [0.5, 0.6) is 0 Å². The third-order valence-electron chi connectivity index (χ3n) is 2.55. The lowest BCUT2D eigenvalue weighted by atomic mass is 10.1. The van der Waals surface area contributed by atoms with Crippen LogP contribution in [0.2, 0.25) is 5.02 Å². The summed E-state index contributed by atoms with van der Waals surface area (Å²) in [6.07, 6.45) is 2.00. The van der Waals surface area contributed by atoms with Gasteiger partial charge in [-0.1, -0.05) is 23.7 Å². The van der Waals surface area contributed by atoms with Gasteiger partial charge in [-0.15, -0.1) is 0 Å². The van der Waals surface area contributed by atoms with Crippen LogP contribution in [0.1, 0.15) is 21.9 Å². The average Bonchev–Trinajstić information content (AvgIpc) is 2.87. The number of halogens is 1. The van der Waals surface area contributed by atoms with E-state index < -0.39 is 0 Å². The summed E-state index contributed by atoms with van der Waals surface area (Å²) in [6.45, 7) is 0.680. The normalized spacial score (nSPS) is 10.4. The van der Waals surface area contributed by atoms with Crippen LogP contribution in [0.3, 0.4) is 0 Å². The molecule has 0 aliphatic carbocycles. The second kappa shape index (κ2) is 6.36. The molecule has 0 aliphatic heterocycles. The van der Waals surface area contributed by atoms with Crippen molar-refractivity contribution in [2.75, 3.05) is 6.54 Å². The molecule has 1 aromatic carbocycles. The molecular weight excluding hydrogens is 266 g/mol. The number of aromatic nitrogens is 1. The molecule has 5 nitrogen and oxygen atoms in total. The molecule has 0 saturated carbocycles. The molecule has 100 valence electrons. The van der Waals surface area contributed by atoms with Crippen molar-refractivity contribution >= 4 is 17.5 Å². The molecular formula is C13H14ClN3O2. The van der Waals surface area contributed by atoms with Gasteiger partial charge >= 0.3 is 0 Å². The number of oxazole rings is 1. The SMILES string of the molecule is NCc1nc(C(=O)NCCc2cccc(Cl)c2)co1. The molecule has 2 aromatic rings. The second-order valence-corrected chi connectivity index (χ2v) is 4.40. The van der Waals surface area contributed by atoms with Crippen LogP contribution in [-0.2, 0) is 13.0 Å². The first-order chi connectivity index (χ1) is 9.19. The first-order valence-corrected chi connectivity index (χ1v) is 6.24. The van der Waals surface area contributed by atoms with Gasteiger partial charge in [-0.3, -0.25) is 4.79 Å². The molecule has 0 bridgehead atoms. The third kappa shape index (κ3) is 3.81. The number of nitrogens with two attached hydrogens (primary N) is 1. The highest BCUT2D eigenvalue weighted by Gasteiger charge is 2.10. The molecule has 0 spiro atoms. The van der Waals surface area contributed by atoms with E-state index in [9.17, 15) is 4.79 Å². The van der Waals surface area contributed by atoms with Crippen LogP contribution in [0.15, 0.2) is 34.9 Å². The van der Waals surface area contributed by atoms with Gasteiger partial charge in [0.2, 0.25) is 5.89 Å². The first kappa shape index (κ1) is 13.6. The highest BCUT2D eigenvalue weighted by molar-refractivity contribution is 6.30. The number of nitrogens with one attached hydrogen (secondary N) is 1. The highest BCUT2D eigenvalue weighted by atomic mass is 35.5. The van der Waals surface area contributed by atoms with Crippen molar-refractivity contribution < 1.29 is 9.21 Å². The minimum absolute atomic E-state index is 0.176. The number of benzene rings is 1. The van der Waals surface area contributed by atoms with E-state index in [0.717, 1.165) is 5.56 Å². The number of nitrogens with zero attached hydrogens (tertiary/aromatic N) is 1. The van der Waals surface area contributed by atoms with Gasteiger partial charge in [-0.25, -0.2) is 4.98 Å². The van der Waals surface area contributed by atoms with E-state index in [-0.39, 0.29) is 18.1 Å². The standard InChI is InChI=1S/C13H14ClN3O2/c14-10-3-1-2-9(6-10)4-5-16-13(18)11-8-19-12(7-15)17-11/h1-3,6,8H,4-5,7,15H2,(H,16,18). The van der Waals surface area contributed by atoms with Crippen molar-refractivity contribution in [2.24, 2.45) is 5.73 Å². The van der Waals surface area contributed by atoms with Crippen LogP contribution in [0, 0.1) is 0 Å². The fraction of sp³-hybridized carbons (Fsp3) is 0.231. The molecule has 2 rings (SSSR count). The largest absolute Gasteiger partial charge is 0.447 e. The van der Waals surface area contributed by atoms with E-state index in [1.807, 2.05) is 24.3 Å². The van der Waals surface area contributed by atoms with Crippen molar-refractivity contribution in [3.8, 4) is 0 Å². The summed E-state index contributed by atoms with van der Waals surface area (Å²) in [5, 5.41) is 3.45. The van der Waals surface area contributed by atoms with Crippen molar-refractivity contribution in [3.63, 3.8) is 0 Å². The Morgan fingerprint density at radius 3 is 3.00 bits per heavy atom. The van der Waals surface area contributed by atoms with Gasteiger partial charge in [0, 0.05) is 11.6 Å². The Morgan fingerprint density at radius 1 is 1.47 bits per heavy atom. The minimum atomic E-state index is -0.273. The maximum Gasteiger partial charge on any atom is 0.273 e. The van der Waals surface area contributed by atoms with E-state index in [4.69, 9.17) is 21.8 Å². The van der Waals surface area contributed by atoms with E-state index in [1.54, 1.807) is 0 Å². The smallest absolute Gasteiger partial charge is 0.273 e. The Bertz CT molecular complexity index is 569. The van der Waals surface area contributed by atoms with E-state index in [1.165, 1.54) is 6.26 Å². The number of carbonyl (C=O) groups excluding carboxylic acids is 1.